The molecule has 0 fully saturated rings. The van der Waals surface area contributed by atoms with E-state index in [1.807, 2.05) is 32.0 Å². The summed E-state index contributed by atoms with van der Waals surface area (Å²) in [7, 11) is -3.64. The molecular formula is C17H18N2O3S2. The number of rotatable bonds is 5. The minimum atomic E-state index is -3.64. The Labute approximate surface area is 145 Å². The predicted molar refractivity (Wildman–Crippen MR) is 95.9 cm³/mol. The van der Waals surface area contributed by atoms with Crippen LogP contribution in [0.1, 0.15) is 23.9 Å². The van der Waals surface area contributed by atoms with Gasteiger partial charge in [-0.2, -0.15) is 0 Å². The molecular weight excluding hydrogens is 344 g/mol. The van der Waals surface area contributed by atoms with Crippen LogP contribution in [-0.4, -0.2) is 13.4 Å². The van der Waals surface area contributed by atoms with Crippen molar-refractivity contribution in [3.8, 4) is 10.6 Å². The lowest BCUT2D eigenvalue weighted by Gasteiger charge is -2.13. The summed E-state index contributed by atoms with van der Waals surface area (Å²) in [4.78, 5) is 4.77. The molecule has 0 atom stereocenters. The van der Waals surface area contributed by atoms with Crippen LogP contribution in [0, 0.1) is 13.8 Å². The lowest BCUT2D eigenvalue weighted by molar-refractivity contribution is 0.535. The second kappa shape index (κ2) is 6.41. The van der Waals surface area contributed by atoms with E-state index >= 15 is 0 Å². The zero-order valence-corrected chi connectivity index (χ0v) is 15.3. The van der Waals surface area contributed by atoms with Gasteiger partial charge in [0.05, 0.1) is 16.8 Å². The standard InChI is InChI=1S/C17H18N2O3S2/c1-4-13-7-5-6-11(2)17(13)19-24(20,21)16-9-8-15(23-16)14-10-18-12(3)22-14/h5-10,19H,4H2,1-3H3. The van der Waals surface area contributed by atoms with E-state index in [0.29, 0.717) is 17.3 Å². The molecule has 0 spiro atoms. The first-order valence-electron chi connectivity index (χ1n) is 7.54. The third kappa shape index (κ3) is 3.22. The molecule has 2 aromatic heterocycles. The van der Waals surface area contributed by atoms with E-state index < -0.39 is 10.0 Å². The fourth-order valence-corrected chi connectivity index (χ4v) is 4.85. The average Bonchev–Trinajstić information content (AvgIpc) is 3.18. The number of thiophene rings is 1. The maximum Gasteiger partial charge on any atom is 0.271 e. The monoisotopic (exact) mass is 362 g/mol. The highest BCUT2D eigenvalue weighted by Gasteiger charge is 2.20. The van der Waals surface area contributed by atoms with Crippen LogP contribution in [0.15, 0.2) is 45.2 Å². The third-order valence-corrected chi connectivity index (χ3v) is 6.63. The highest BCUT2D eigenvalue weighted by atomic mass is 32.2. The summed E-state index contributed by atoms with van der Waals surface area (Å²) in [6.07, 6.45) is 2.36. The van der Waals surface area contributed by atoms with E-state index in [1.54, 1.807) is 25.3 Å². The van der Waals surface area contributed by atoms with Gasteiger partial charge in [-0.25, -0.2) is 13.4 Å². The second-order valence-corrected chi connectivity index (χ2v) is 8.42. The van der Waals surface area contributed by atoms with Crippen LogP contribution in [0.4, 0.5) is 5.69 Å². The quantitative estimate of drug-likeness (QED) is 0.731. The number of hydrogen-bond acceptors (Lipinski definition) is 5. The summed E-state index contributed by atoms with van der Waals surface area (Å²) >= 11 is 1.16. The molecule has 3 aromatic rings. The summed E-state index contributed by atoms with van der Waals surface area (Å²) in [5, 5.41) is 0. The minimum absolute atomic E-state index is 0.247. The van der Waals surface area contributed by atoms with E-state index in [0.717, 1.165) is 33.8 Å². The van der Waals surface area contributed by atoms with E-state index in [2.05, 4.69) is 9.71 Å². The first-order valence-corrected chi connectivity index (χ1v) is 9.84. The van der Waals surface area contributed by atoms with Crippen molar-refractivity contribution in [2.24, 2.45) is 0 Å². The number of aromatic nitrogens is 1. The average molecular weight is 362 g/mol. The highest BCUT2D eigenvalue weighted by Crippen LogP contribution is 2.33. The summed E-state index contributed by atoms with van der Waals surface area (Å²) < 4.78 is 33.9. The molecule has 0 amide bonds. The Balaban J connectivity index is 1.94. The van der Waals surface area contributed by atoms with Gasteiger partial charge in [0.2, 0.25) is 0 Å². The molecule has 0 radical (unpaired) electrons. The van der Waals surface area contributed by atoms with Crippen LogP contribution in [-0.2, 0) is 16.4 Å². The van der Waals surface area contributed by atoms with Gasteiger partial charge in [0.25, 0.3) is 10.0 Å². The highest BCUT2D eigenvalue weighted by molar-refractivity contribution is 7.94. The lowest BCUT2D eigenvalue weighted by Crippen LogP contribution is -2.13. The van der Waals surface area contributed by atoms with Gasteiger partial charge in [0.1, 0.15) is 4.21 Å². The molecule has 3 rings (SSSR count). The molecule has 2 heterocycles. The number of hydrogen-bond donors (Lipinski definition) is 1. The van der Waals surface area contributed by atoms with E-state index in [1.165, 1.54) is 0 Å². The molecule has 1 N–H and O–H groups in total. The first kappa shape index (κ1) is 16.7. The largest absolute Gasteiger partial charge is 0.440 e. The number of nitrogens with zero attached hydrogens (tertiary/aromatic N) is 1. The maximum atomic E-state index is 12.7. The predicted octanol–water partition coefficient (Wildman–Crippen LogP) is 4.38. The number of nitrogens with one attached hydrogen (secondary N) is 1. The van der Waals surface area contributed by atoms with E-state index in [-0.39, 0.29) is 4.21 Å². The van der Waals surface area contributed by atoms with Crippen molar-refractivity contribution in [2.45, 2.75) is 31.4 Å². The Bertz CT molecular complexity index is 971. The molecule has 0 saturated carbocycles. The number of para-hydroxylation sites is 1. The molecule has 126 valence electrons. The molecule has 0 aliphatic heterocycles. The fraction of sp³-hybridized carbons (Fsp3) is 0.235. The van der Waals surface area contributed by atoms with Gasteiger partial charge in [-0.3, -0.25) is 4.72 Å². The Kier molecular flexibility index (Phi) is 4.47. The zero-order chi connectivity index (χ0) is 17.3. The van der Waals surface area contributed by atoms with Crippen LogP contribution >= 0.6 is 11.3 Å². The molecule has 0 aliphatic rings. The van der Waals surface area contributed by atoms with Gasteiger partial charge in [-0.05, 0) is 36.6 Å². The van der Waals surface area contributed by atoms with Crippen LogP contribution in [0.2, 0.25) is 0 Å². The molecule has 7 heteroatoms. The van der Waals surface area contributed by atoms with E-state index in [9.17, 15) is 8.42 Å². The molecule has 0 aliphatic carbocycles. The lowest BCUT2D eigenvalue weighted by atomic mass is 10.1. The third-order valence-electron chi connectivity index (χ3n) is 3.69. The van der Waals surface area contributed by atoms with Crippen LogP contribution in [0.25, 0.3) is 10.6 Å². The Morgan fingerprint density at radius 2 is 2.00 bits per heavy atom. The van der Waals surface area contributed by atoms with Crippen molar-refractivity contribution in [1.29, 1.82) is 0 Å². The van der Waals surface area contributed by atoms with Crippen molar-refractivity contribution < 1.29 is 12.8 Å². The summed E-state index contributed by atoms with van der Waals surface area (Å²) in [6.45, 7) is 5.65. The van der Waals surface area contributed by atoms with Gasteiger partial charge < -0.3 is 4.42 Å². The zero-order valence-electron chi connectivity index (χ0n) is 13.7. The SMILES string of the molecule is CCc1cccc(C)c1NS(=O)(=O)c1ccc(-c2cnc(C)o2)s1. The Morgan fingerprint density at radius 1 is 1.21 bits per heavy atom. The van der Waals surface area contributed by atoms with Gasteiger partial charge in [-0.1, -0.05) is 25.1 Å². The van der Waals surface area contributed by atoms with Gasteiger partial charge in [0.15, 0.2) is 11.7 Å². The molecule has 24 heavy (non-hydrogen) atoms. The second-order valence-electron chi connectivity index (χ2n) is 5.43. The molecule has 5 nitrogen and oxygen atoms in total. The fourth-order valence-electron chi connectivity index (χ4n) is 2.43. The molecule has 0 saturated heterocycles. The summed E-state index contributed by atoms with van der Waals surface area (Å²) in [6, 6.07) is 9.08. The van der Waals surface area contributed by atoms with Crippen LogP contribution in [0.3, 0.4) is 0 Å². The van der Waals surface area contributed by atoms with Crippen molar-refractivity contribution in [2.75, 3.05) is 4.72 Å². The maximum absolute atomic E-state index is 12.7. The number of benzene rings is 1. The topological polar surface area (TPSA) is 72.2 Å². The number of anilines is 1. The number of oxazole rings is 1. The molecule has 1 aromatic carbocycles. The molecule has 0 unspecified atom stereocenters. The smallest absolute Gasteiger partial charge is 0.271 e. The Morgan fingerprint density at radius 3 is 2.67 bits per heavy atom. The van der Waals surface area contributed by atoms with Crippen LogP contribution in [0.5, 0.6) is 0 Å². The summed E-state index contributed by atoms with van der Waals surface area (Å²) in [5.41, 5.74) is 2.53. The molecule has 0 bridgehead atoms. The van der Waals surface area contributed by atoms with Gasteiger partial charge in [-0.15, -0.1) is 11.3 Å². The van der Waals surface area contributed by atoms with Gasteiger partial charge in [0, 0.05) is 6.92 Å². The van der Waals surface area contributed by atoms with Crippen molar-refractivity contribution in [3.63, 3.8) is 0 Å². The Hall–Kier alpha value is -2.12. The van der Waals surface area contributed by atoms with Crippen LogP contribution < -0.4 is 4.72 Å². The normalized spacial score (nSPS) is 11.6. The first-order chi connectivity index (χ1) is 11.4. The summed E-state index contributed by atoms with van der Waals surface area (Å²) in [5.74, 6) is 1.12. The number of sulfonamides is 1. The van der Waals surface area contributed by atoms with Crippen molar-refractivity contribution >= 4 is 27.0 Å². The van der Waals surface area contributed by atoms with Crippen molar-refractivity contribution in [1.82, 2.24) is 4.98 Å². The number of aryl methyl sites for hydroxylation is 3. The van der Waals surface area contributed by atoms with E-state index in [4.69, 9.17) is 4.42 Å². The minimum Gasteiger partial charge on any atom is -0.440 e. The van der Waals surface area contributed by atoms with Gasteiger partial charge >= 0.3 is 0 Å². The van der Waals surface area contributed by atoms with Crippen molar-refractivity contribution in [3.05, 3.63) is 53.5 Å².